The first kappa shape index (κ1) is 25.1. The van der Waals surface area contributed by atoms with Crippen molar-refractivity contribution in [2.75, 3.05) is 36.4 Å². The molecule has 10 nitrogen and oxygen atoms in total. The van der Waals surface area contributed by atoms with Gasteiger partial charge in [0.15, 0.2) is 5.82 Å². The molecule has 2 aromatic heterocycles. The standard InChI is InChI=1S/C25H38N8O2/c1-15(2)22(26)25(34)28-11-7-6-10-27-23-24-31-30-18(5)33(24)21-9-8-19(12-20(21)29-23)32-13-16(3)35-17(4)14-32/h8-9,12,15-17,22H,6-7,10-11,13-14,26H2,1-5H3,(H,27,29)(H,28,34). The van der Waals surface area contributed by atoms with Gasteiger partial charge in [-0.25, -0.2) is 4.98 Å². The molecule has 0 bridgehead atoms. The van der Waals surface area contributed by atoms with E-state index in [2.05, 4.69) is 57.8 Å². The minimum Gasteiger partial charge on any atom is -0.372 e. The van der Waals surface area contributed by atoms with E-state index in [0.29, 0.717) is 24.6 Å². The third-order valence-electron chi connectivity index (χ3n) is 6.47. The van der Waals surface area contributed by atoms with Crippen LogP contribution in [0.2, 0.25) is 0 Å². The zero-order valence-corrected chi connectivity index (χ0v) is 21.4. The molecule has 1 amide bonds. The lowest BCUT2D eigenvalue weighted by Gasteiger charge is -2.36. The Hall–Kier alpha value is -2.98. The molecule has 1 saturated heterocycles. The molecule has 1 aromatic carbocycles. The molecule has 1 fully saturated rings. The second-order valence-corrected chi connectivity index (χ2v) is 9.90. The van der Waals surface area contributed by atoms with Gasteiger partial charge >= 0.3 is 0 Å². The number of nitrogens with one attached hydrogen (secondary N) is 2. The van der Waals surface area contributed by atoms with Crippen LogP contribution < -0.4 is 21.3 Å². The second-order valence-electron chi connectivity index (χ2n) is 9.90. The van der Waals surface area contributed by atoms with Crippen LogP contribution in [0.4, 0.5) is 11.5 Å². The number of ether oxygens (including phenoxy) is 1. The van der Waals surface area contributed by atoms with Gasteiger partial charge in [-0.2, -0.15) is 0 Å². The van der Waals surface area contributed by atoms with Crippen LogP contribution in [0.15, 0.2) is 18.2 Å². The number of fused-ring (bicyclic) bond motifs is 3. The molecule has 1 aliphatic heterocycles. The fraction of sp³-hybridized carbons (Fsp3) is 0.600. The number of unbranched alkanes of at least 4 members (excludes halogenated alkanes) is 1. The minimum atomic E-state index is -0.465. The maximum atomic E-state index is 12.0. The Kier molecular flexibility index (Phi) is 7.71. The van der Waals surface area contributed by atoms with E-state index < -0.39 is 6.04 Å². The third kappa shape index (κ3) is 5.65. The average Bonchev–Trinajstić information content (AvgIpc) is 3.21. The minimum absolute atomic E-state index is 0.0929. The quantitative estimate of drug-likeness (QED) is 0.398. The molecule has 4 N–H and O–H groups in total. The summed E-state index contributed by atoms with van der Waals surface area (Å²) in [5.41, 5.74) is 9.62. The maximum absolute atomic E-state index is 12.0. The largest absolute Gasteiger partial charge is 0.372 e. The number of hydrogen-bond donors (Lipinski definition) is 3. The summed E-state index contributed by atoms with van der Waals surface area (Å²) in [5, 5.41) is 15.0. The van der Waals surface area contributed by atoms with Gasteiger partial charge in [0.25, 0.3) is 0 Å². The Balaban J connectivity index is 1.46. The molecule has 0 saturated carbocycles. The molecule has 3 heterocycles. The number of rotatable bonds is 9. The van der Waals surface area contributed by atoms with E-state index in [9.17, 15) is 4.79 Å². The van der Waals surface area contributed by atoms with Crippen LogP contribution in [-0.4, -0.2) is 69.9 Å². The zero-order valence-electron chi connectivity index (χ0n) is 21.4. The first-order valence-electron chi connectivity index (χ1n) is 12.6. The average molecular weight is 483 g/mol. The predicted molar refractivity (Wildman–Crippen MR) is 139 cm³/mol. The van der Waals surface area contributed by atoms with Gasteiger partial charge < -0.3 is 26.0 Å². The Labute approximate surface area is 206 Å². The normalized spacial score (nSPS) is 19.5. The van der Waals surface area contributed by atoms with Crippen LogP contribution in [0, 0.1) is 12.8 Å². The van der Waals surface area contributed by atoms with Crippen LogP contribution in [0.1, 0.15) is 46.4 Å². The highest BCUT2D eigenvalue weighted by Gasteiger charge is 2.23. The Morgan fingerprint density at radius 1 is 1.17 bits per heavy atom. The fourth-order valence-electron chi connectivity index (χ4n) is 4.56. The molecule has 0 spiro atoms. The first-order valence-corrected chi connectivity index (χ1v) is 12.6. The highest BCUT2D eigenvalue weighted by molar-refractivity contribution is 5.85. The summed E-state index contributed by atoms with van der Waals surface area (Å²) >= 11 is 0. The lowest BCUT2D eigenvalue weighted by Crippen LogP contribution is -2.45. The highest BCUT2D eigenvalue weighted by Crippen LogP contribution is 2.27. The molecule has 0 radical (unpaired) electrons. The molecule has 4 rings (SSSR count). The third-order valence-corrected chi connectivity index (χ3v) is 6.47. The van der Waals surface area contributed by atoms with Gasteiger partial charge in [0.05, 0.1) is 29.3 Å². The van der Waals surface area contributed by atoms with Crippen LogP contribution in [0.25, 0.3) is 16.7 Å². The molecule has 3 unspecified atom stereocenters. The molecule has 3 aromatic rings. The van der Waals surface area contributed by atoms with E-state index in [1.807, 2.05) is 25.2 Å². The van der Waals surface area contributed by atoms with Crippen molar-refractivity contribution in [3.63, 3.8) is 0 Å². The van der Waals surface area contributed by atoms with Crippen molar-refractivity contribution in [2.45, 2.75) is 65.7 Å². The summed E-state index contributed by atoms with van der Waals surface area (Å²) in [4.78, 5) is 19.3. The summed E-state index contributed by atoms with van der Waals surface area (Å²) in [5.74, 6) is 1.57. The Bertz CT molecular complexity index is 1170. The summed E-state index contributed by atoms with van der Waals surface area (Å²) in [6, 6.07) is 5.91. The van der Waals surface area contributed by atoms with Crippen LogP contribution in [0.5, 0.6) is 0 Å². The number of amides is 1. The predicted octanol–water partition coefficient (Wildman–Crippen LogP) is 2.49. The lowest BCUT2D eigenvalue weighted by molar-refractivity contribution is -0.123. The summed E-state index contributed by atoms with van der Waals surface area (Å²) in [7, 11) is 0. The number of carbonyl (C=O) groups is 1. The van der Waals surface area contributed by atoms with Gasteiger partial charge in [-0.15, -0.1) is 10.2 Å². The molecular weight excluding hydrogens is 444 g/mol. The monoisotopic (exact) mass is 482 g/mol. The zero-order chi connectivity index (χ0) is 25.1. The summed E-state index contributed by atoms with van der Waals surface area (Å²) < 4.78 is 7.95. The van der Waals surface area contributed by atoms with Crippen molar-refractivity contribution in [3.8, 4) is 0 Å². The number of nitrogens with two attached hydrogens (primary N) is 1. The van der Waals surface area contributed by atoms with Gasteiger partial charge in [-0.3, -0.25) is 9.20 Å². The van der Waals surface area contributed by atoms with Crippen molar-refractivity contribution in [3.05, 3.63) is 24.0 Å². The van der Waals surface area contributed by atoms with E-state index in [4.69, 9.17) is 15.5 Å². The number of anilines is 2. The van der Waals surface area contributed by atoms with Crippen molar-refractivity contribution in [2.24, 2.45) is 11.7 Å². The van der Waals surface area contributed by atoms with E-state index in [1.54, 1.807) is 0 Å². The Morgan fingerprint density at radius 3 is 2.60 bits per heavy atom. The number of benzene rings is 1. The smallest absolute Gasteiger partial charge is 0.237 e. The van der Waals surface area contributed by atoms with Crippen molar-refractivity contribution < 1.29 is 9.53 Å². The molecule has 3 atom stereocenters. The summed E-state index contributed by atoms with van der Waals surface area (Å²) in [6.45, 7) is 13.1. The lowest BCUT2D eigenvalue weighted by atomic mass is 10.1. The van der Waals surface area contributed by atoms with Gasteiger partial charge in [0.2, 0.25) is 11.6 Å². The molecule has 0 aliphatic carbocycles. The van der Waals surface area contributed by atoms with E-state index in [0.717, 1.165) is 48.5 Å². The molecule has 10 heteroatoms. The maximum Gasteiger partial charge on any atom is 0.237 e. The molecular formula is C25H38N8O2. The number of aromatic nitrogens is 4. The first-order chi connectivity index (χ1) is 16.7. The van der Waals surface area contributed by atoms with Gasteiger partial charge in [-0.05, 0) is 57.7 Å². The van der Waals surface area contributed by atoms with E-state index >= 15 is 0 Å². The van der Waals surface area contributed by atoms with Crippen molar-refractivity contribution >= 4 is 34.1 Å². The SMILES string of the molecule is Cc1nnc2c(NCCCCNC(=O)C(N)C(C)C)nc3cc(N4CC(C)OC(C)C4)ccc3n12. The number of morpholine rings is 1. The van der Waals surface area contributed by atoms with Crippen LogP contribution in [0.3, 0.4) is 0 Å². The number of carbonyl (C=O) groups excluding carboxylic acids is 1. The second kappa shape index (κ2) is 10.7. The van der Waals surface area contributed by atoms with Gasteiger partial charge in [0.1, 0.15) is 5.82 Å². The number of hydrogen-bond acceptors (Lipinski definition) is 8. The van der Waals surface area contributed by atoms with Crippen LogP contribution >= 0.6 is 0 Å². The molecule has 190 valence electrons. The van der Waals surface area contributed by atoms with Crippen molar-refractivity contribution in [1.29, 1.82) is 0 Å². The van der Waals surface area contributed by atoms with Gasteiger partial charge in [0, 0.05) is 31.9 Å². The molecule has 1 aliphatic rings. The van der Waals surface area contributed by atoms with E-state index in [-0.39, 0.29) is 24.0 Å². The Morgan fingerprint density at radius 2 is 1.89 bits per heavy atom. The fourth-order valence-corrected chi connectivity index (χ4v) is 4.56. The van der Waals surface area contributed by atoms with E-state index in [1.165, 1.54) is 0 Å². The highest BCUT2D eigenvalue weighted by atomic mass is 16.5. The topological polar surface area (TPSA) is 123 Å². The summed E-state index contributed by atoms with van der Waals surface area (Å²) in [6.07, 6.45) is 2.09. The van der Waals surface area contributed by atoms with Gasteiger partial charge in [-0.1, -0.05) is 13.8 Å². The van der Waals surface area contributed by atoms with Crippen LogP contribution in [-0.2, 0) is 9.53 Å². The number of nitrogens with zero attached hydrogens (tertiary/aromatic N) is 5. The number of aryl methyl sites for hydroxylation is 1. The molecule has 35 heavy (non-hydrogen) atoms. The van der Waals surface area contributed by atoms with Crippen molar-refractivity contribution in [1.82, 2.24) is 24.9 Å².